The molecule has 0 aromatic heterocycles. The number of benzene rings is 3. The van der Waals surface area contributed by atoms with E-state index < -0.39 is 10.9 Å². The largest absolute Gasteiger partial charge is 0.508 e. The van der Waals surface area contributed by atoms with Crippen molar-refractivity contribution < 1.29 is 29.4 Å². The number of phenolic OH excluding ortho intramolecular Hbond substituents is 1. The van der Waals surface area contributed by atoms with Crippen LogP contribution in [0.1, 0.15) is 10.4 Å². The lowest BCUT2D eigenvalue weighted by Gasteiger charge is -2.11. The van der Waals surface area contributed by atoms with Crippen molar-refractivity contribution >= 4 is 33.2 Å². The Morgan fingerprint density at radius 3 is 2.67 bits per heavy atom. The van der Waals surface area contributed by atoms with Crippen molar-refractivity contribution in [2.75, 3.05) is 6.79 Å². The molecule has 2 N–H and O–H groups in total. The van der Waals surface area contributed by atoms with Crippen molar-refractivity contribution in [3.63, 3.8) is 0 Å². The number of aromatic carboxylic acids is 1. The van der Waals surface area contributed by atoms with E-state index in [-0.39, 0.29) is 46.1 Å². The van der Waals surface area contributed by atoms with Crippen molar-refractivity contribution in [3.05, 3.63) is 46.0 Å². The van der Waals surface area contributed by atoms with E-state index >= 15 is 0 Å². The predicted molar refractivity (Wildman–Crippen MR) is 82.9 cm³/mol. The number of carboxylic acids is 1. The van der Waals surface area contributed by atoms with Crippen LogP contribution >= 0.6 is 0 Å². The Hall–Kier alpha value is -3.55. The van der Waals surface area contributed by atoms with Gasteiger partial charge in [0.1, 0.15) is 5.75 Å². The first-order chi connectivity index (χ1) is 11.5. The highest BCUT2D eigenvalue weighted by Crippen LogP contribution is 2.47. The summed E-state index contributed by atoms with van der Waals surface area (Å²) in [5, 5.41) is 31.8. The summed E-state index contributed by atoms with van der Waals surface area (Å²) in [6.07, 6.45) is 0. The van der Waals surface area contributed by atoms with Crippen molar-refractivity contribution in [3.8, 4) is 17.2 Å². The minimum absolute atomic E-state index is 0.0325. The number of carbonyl (C=O) groups is 1. The Labute approximate surface area is 133 Å². The summed E-state index contributed by atoms with van der Waals surface area (Å²) in [5.74, 6) is -0.886. The molecular formula is C16H9NO7. The lowest BCUT2D eigenvalue weighted by Crippen LogP contribution is -2.01. The van der Waals surface area contributed by atoms with E-state index in [0.29, 0.717) is 10.8 Å². The molecule has 0 amide bonds. The van der Waals surface area contributed by atoms with Crippen LogP contribution in [0.25, 0.3) is 21.5 Å². The summed E-state index contributed by atoms with van der Waals surface area (Å²) < 4.78 is 10.7. The smallest absolute Gasteiger partial charge is 0.336 e. The van der Waals surface area contributed by atoms with Crippen LogP contribution in [0.2, 0.25) is 0 Å². The maximum Gasteiger partial charge on any atom is 0.336 e. The highest BCUT2D eigenvalue weighted by atomic mass is 16.7. The van der Waals surface area contributed by atoms with Gasteiger partial charge in [-0.15, -0.1) is 0 Å². The van der Waals surface area contributed by atoms with Gasteiger partial charge in [0.25, 0.3) is 5.69 Å². The molecular weight excluding hydrogens is 318 g/mol. The molecule has 0 unspecified atom stereocenters. The number of non-ortho nitro benzene ring substituents is 1. The van der Waals surface area contributed by atoms with Gasteiger partial charge >= 0.3 is 5.97 Å². The Bertz CT molecular complexity index is 1060. The van der Waals surface area contributed by atoms with Crippen LogP contribution in [0, 0.1) is 10.1 Å². The molecule has 1 heterocycles. The number of nitro benzene ring substituents is 1. The topological polar surface area (TPSA) is 119 Å². The van der Waals surface area contributed by atoms with Crippen LogP contribution < -0.4 is 9.47 Å². The SMILES string of the molecule is O=C(O)c1cc2c(c3c1c([N+](=O)[O-])cc1cc(O)ccc13)OCO2. The van der Waals surface area contributed by atoms with Crippen molar-refractivity contribution in [2.45, 2.75) is 0 Å². The summed E-state index contributed by atoms with van der Waals surface area (Å²) >= 11 is 0. The van der Waals surface area contributed by atoms with Crippen LogP contribution in [0.3, 0.4) is 0 Å². The first kappa shape index (κ1) is 14.1. The maximum absolute atomic E-state index is 11.6. The molecule has 0 bridgehead atoms. The van der Waals surface area contributed by atoms with Gasteiger partial charge in [0.15, 0.2) is 11.5 Å². The van der Waals surface area contributed by atoms with Gasteiger partial charge < -0.3 is 19.7 Å². The summed E-state index contributed by atoms with van der Waals surface area (Å²) in [5.41, 5.74) is -0.616. The number of phenols is 1. The Kier molecular flexibility index (Phi) is 2.77. The fraction of sp³-hybridized carbons (Fsp3) is 0.0625. The van der Waals surface area contributed by atoms with Gasteiger partial charge in [-0.25, -0.2) is 4.79 Å². The number of fused-ring (bicyclic) bond motifs is 5. The van der Waals surface area contributed by atoms with Gasteiger partial charge in [0, 0.05) is 11.5 Å². The third kappa shape index (κ3) is 1.83. The molecule has 3 aromatic rings. The molecule has 1 aliphatic rings. The molecule has 0 saturated carbocycles. The van der Waals surface area contributed by atoms with Crippen molar-refractivity contribution in [1.82, 2.24) is 0 Å². The molecule has 8 nitrogen and oxygen atoms in total. The highest BCUT2D eigenvalue weighted by Gasteiger charge is 2.29. The van der Waals surface area contributed by atoms with Gasteiger partial charge in [0.05, 0.1) is 15.9 Å². The van der Waals surface area contributed by atoms with Crippen LogP contribution in [-0.4, -0.2) is 27.9 Å². The third-order valence-corrected chi connectivity index (χ3v) is 3.94. The Morgan fingerprint density at radius 1 is 1.17 bits per heavy atom. The second-order valence-corrected chi connectivity index (χ2v) is 5.27. The Balaban J connectivity index is 2.33. The molecule has 8 heteroatoms. The molecule has 0 radical (unpaired) electrons. The second-order valence-electron chi connectivity index (χ2n) is 5.27. The number of ether oxygens (including phenoxy) is 2. The molecule has 0 fully saturated rings. The fourth-order valence-corrected chi connectivity index (χ4v) is 2.99. The van der Waals surface area contributed by atoms with Crippen LogP contribution in [0.4, 0.5) is 5.69 Å². The van der Waals surface area contributed by atoms with E-state index in [4.69, 9.17) is 9.47 Å². The molecule has 0 aliphatic carbocycles. The van der Waals surface area contributed by atoms with E-state index in [1.807, 2.05) is 0 Å². The van der Waals surface area contributed by atoms with E-state index in [1.54, 1.807) is 6.07 Å². The lowest BCUT2D eigenvalue weighted by atomic mass is 9.95. The van der Waals surface area contributed by atoms with E-state index in [0.717, 1.165) is 0 Å². The number of aromatic hydroxyl groups is 1. The molecule has 0 saturated heterocycles. The van der Waals surface area contributed by atoms with Gasteiger partial charge in [-0.3, -0.25) is 10.1 Å². The molecule has 24 heavy (non-hydrogen) atoms. The van der Waals surface area contributed by atoms with Gasteiger partial charge in [-0.1, -0.05) is 0 Å². The molecule has 0 spiro atoms. The molecule has 0 atom stereocenters. The van der Waals surface area contributed by atoms with Crippen LogP contribution in [-0.2, 0) is 0 Å². The number of hydrogen-bond acceptors (Lipinski definition) is 6. The van der Waals surface area contributed by atoms with Gasteiger partial charge in [-0.05, 0) is 35.0 Å². The average molecular weight is 327 g/mol. The average Bonchev–Trinajstić information content (AvgIpc) is 3.00. The summed E-state index contributed by atoms with van der Waals surface area (Å²) in [7, 11) is 0. The summed E-state index contributed by atoms with van der Waals surface area (Å²) in [4.78, 5) is 22.5. The van der Waals surface area contributed by atoms with Crippen LogP contribution in [0.5, 0.6) is 17.2 Å². The van der Waals surface area contributed by atoms with Gasteiger partial charge in [-0.2, -0.15) is 0 Å². The second kappa shape index (κ2) is 4.72. The van der Waals surface area contributed by atoms with Gasteiger partial charge in [0.2, 0.25) is 6.79 Å². The normalized spacial score (nSPS) is 12.7. The first-order valence-electron chi connectivity index (χ1n) is 6.87. The minimum atomic E-state index is -1.31. The van der Waals surface area contributed by atoms with Crippen molar-refractivity contribution in [2.24, 2.45) is 0 Å². The minimum Gasteiger partial charge on any atom is -0.508 e. The maximum atomic E-state index is 11.6. The molecule has 120 valence electrons. The highest BCUT2D eigenvalue weighted by molar-refractivity contribution is 6.21. The standard InChI is InChI=1S/C16H9NO7/c18-8-1-2-9-7(3-8)4-11(17(21)22)13-10(16(19)20)5-12-15(14(9)13)24-6-23-12/h1-5,18H,6H2,(H,19,20). The summed E-state index contributed by atoms with van der Waals surface area (Å²) in [6.45, 7) is -0.101. The van der Waals surface area contributed by atoms with Crippen molar-refractivity contribution in [1.29, 1.82) is 0 Å². The fourth-order valence-electron chi connectivity index (χ4n) is 2.99. The number of rotatable bonds is 2. The first-order valence-corrected chi connectivity index (χ1v) is 6.87. The zero-order valence-corrected chi connectivity index (χ0v) is 12.0. The molecule has 4 rings (SSSR count). The zero-order valence-electron chi connectivity index (χ0n) is 12.0. The van der Waals surface area contributed by atoms with E-state index in [9.17, 15) is 25.1 Å². The van der Waals surface area contributed by atoms with E-state index in [2.05, 4.69) is 0 Å². The predicted octanol–water partition coefficient (Wildman–Crippen LogP) is 3.03. The van der Waals surface area contributed by atoms with E-state index in [1.165, 1.54) is 24.3 Å². The third-order valence-electron chi connectivity index (χ3n) is 3.94. The number of hydrogen-bond donors (Lipinski definition) is 2. The lowest BCUT2D eigenvalue weighted by molar-refractivity contribution is -0.383. The number of nitrogens with zero attached hydrogens (tertiary/aromatic N) is 1. The number of carboxylic acid groups (broad SMARTS) is 1. The quantitative estimate of drug-likeness (QED) is 0.422. The Morgan fingerprint density at radius 2 is 1.96 bits per heavy atom. The monoisotopic (exact) mass is 327 g/mol. The molecule has 3 aromatic carbocycles. The zero-order chi connectivity index (χ0) is 17.0. The summed E-state index contributed by atoms with van der Waals surface area (Å²) in [6, 6.07) is 6.82. The molecule has 1 aliphatic heterocycles. The number of nitro groups is 1. The van der Waals surface area contributed by atoms with Crippen LogP contribution in [0.15, 0.2) is 30.3 Å².